The predicted octanol–water partition coefficient (Wildman–Crippen LogP) is 2.71. The number of sulfone groups is 1. The Morgan fingerprint density at radius 3 is 2.65 bits per heavy atom. The number of carbonyl (C=O) groups excluding carboxylic acids is 1. The molecule has 1 aromatic carbocycles. The fourth-order valence-corrected chi connectivity index (χ4v) is 6.62. The van der Waals surface area contributed by atoms with Crippen molar-refractivity contribution >= 4 is 32.5 Å². The molecule has 0 unspecified atom stereocenters. The molecule has 2 aliphatic rings. The van der Waals surface area contributed by atoms with Gasteiger partial charge in [0, 0.05) is 37.9 Å². The van der Waals surface area contributed by atoms with E-state index in [9.17, 15) is 13.2 Å². The number of ether oxygens (including phenoxy) is 2. The zero-order chi connectivity index (χ0) is 23.9. The molecule has 3 aromatic rings. The molecular weight excluding hydrogens is 458 g/mol. The zero-order valence-electron chi connectivity index (χ0n) is 19.3. The first-order valence-electron chi connectivity index (χ1n) is 11.5. The molecule has 1 aliphatic heterocycles. The van der Waals surface area contributed by atoms with Crippen molar-refractivity contribution in [1.29, 1.82) is 0 Å². The minimum absolute atomic E-state index is 0.163. The lowest BCUT2D eigenvalue weighted by Gasteiger charge is -2.26. The topological polar surface area (TPSA) is 117 Å². The van der Waals surface area contributed by atoms with Crippen molar-refractivity contribution in [1.82, 2.24) is 19.6 Å². The van der Waals surface area contributed by atoms with Gasteiger partial charge >= 0.3 is 0 Å². The second kappa shape index (κ2) is 9.03. The summed E-state index contributed by atoms with van der Waals surface area (Å²) in [5, 5.41) is 11.8. The number of amides is 1. The standard InChI is InChI=1S/C23H29N5O5S/c1-27-10-7-21(26-27)25-23(29)19(13-15-8-11-33-12-9-15)28-18-5-6-20(32-2)22(17(18)14-24-28)34(30,31)16-3-4-16/h5-7,10,14-16,19H,3-4,8-9,11-13H2,1-2H3,(H,25,26,29)/t19-/m1/s1. The SMILES string of the molecule is COc1ccc2c(cnn2[C@H](CC2CCOCC2)C(=O)Nc2ccn(C)n2)c1S(=O)(=O)C1CC1. The van der Waals surface area contributed by atoms with Crippen molar-refractivity contribution in [2.45, 2.75) is 48.3 Å². The van der Waals surface area contributed by atoms with Crippen LogP contribution in [0.1, 0.15) is 38.1 Å². The number of hydrogen-bond acceptors (Lipinski definition) is 7. The van der Waals surface area contributed by atoms with Crippen molar-refractivity contribution < 1.29 is 22.7 Å². The largest absolute Gasteiger partial charge is 0.495 e. The van der Waals surface area contributed by atoms with Gasteiger partial charge in [-0.1, -0.05) is 0 Å². The van der Waals surface area contributed by atoms with E-state index in [1.165, 1.54) is 13.3 Å². The summed E-state index contributed by atoms with van der Waals surface area (Å²) < 4.78 is 40.7. The van der Waals surface area contributed by atoms with Gasteiger partial charge in [0.25, 0.3) is 0 Å². The molecule has 5 rings (SSSR count). The maximum Gasteiger partial charge on any atom is 0.250 e. The van der Waals surface area contributed by atoms with E-state index in [1.54, 1.807) is 40.8 Å². The molecule has 2 aromatic heterocycles. The van der Waals surface area contributed by atoms with E-state index < -0.39 is 15.9 Å². The van der Waals surface area contributed by atoms with Crippen LogP contribution in [-0.2, 0) is 26.4 Å². The molecule has 1 aliphatic carbocycles. The molecule has 0 bridgehead atoms. The molecular formula is C23H29N5O5S. The van der Waals surface area contributed by atoms with Crippen molar-refractivity contribution in [2.24, 2.45) is 13.0 Å². The summed E-state index contributed by atoms with van der Waals surface area (Å²) in [6.45, 7) is 1.33. The molecule has 3 heterocycles. The maximum absolute atomic E-state index is 13.5. The van der Waals surface area contributed by atoms with Gasteiger partial charge in [-0.3, -0.25) is 14.2 Å². The molecule has 1 saturated carbocycles. The summed E-state index contributed by atoms with van der Waals surface area (Å²) in [4.78, 5) is 13.6. The predicted molar refractivity (Wildman–Crippen MR) is 126 cm³/mol. The number of methoxy groups -OCH3 is 1. The van der Waals surface area contributed by atoms with Crippen LogP contribution >= 0.6 is 0 Å². The van der Waals surface area contributed by atoms with E-state index >= 15 is 0 Å². The van der Waals surface area contributed by atoms with E-state index in [2.05, 4.69) is 15.5 Å². The smallest absolute Gasteiger partial charge is 0.250 e. The van der Waals surface area contributed by atoms with Crippen LogP contribution in [-0.4, -0.2) is 59.5 Å². The molecule has 1 N–H and O–H groups in total. The van der Waals surface area contributed by atoms with Crippen LogP contribution in [0.5, 0.6) is 5.75 Å². The molecule has 34 heavy (non-hydrogen) atoms. The first-order chi connectivity index (χ1) is 16.4. The molecule has 0 spiro atoms. The van der Waals surface area contributed by atoms with Crippen molar-refractivity contribution in [3.8, 4) is 5.75 Å². The summed E-state index contributed by atoms with van der Waals surface area (Å²) in [6, 6.07) is 4.53. The summed E-state index contributed by atoms with van der Waals surface area (Å²) in [7, 11) is -0.302. The Morgan fingerprint density at radius 1 is 1.24 bits per heavy atom. The van der Waals surface area contributed by atoms with Gasteiger partial charge in [-0.15, -0.1) is 0 Å². The van der Waals surface area contributed by atoms with Crippen molar-refractivity contribution in [3.05, 3.63) is 30.6 Å². The Hall–Kier alpha value is -2.92. The molecule has 10 nitrogen and oxygen atoms in total. The van der Waals surface area contributed by atoms with Crippen molar-refractivity contribution in [2.75, 3.05) is 25.6 Å². The monoisotopic (exact) mass is 487 g/mol. The van der Waals surface area contributed by atoms with Gasteiger partial charge in [0.2, 0.25) is 5.91 Å². The van der Waals surface area contributed by atoms with Gasteiger partial charge in [0.1, 0.15) is 16.7 Å². The van der Waals surface area contributed by atoms with Crippen LogP contribution in [0.4, 0.5) is 5.82 Å². The van der Waals surface area contributed by atoms with Crippen LogP contribution in [0, 0.1) is 5.92 Å². The molecule has 182 valence electrons. The van der Waals surface area contributed by atoms with Crippen molar-refractivity contribution in [3.63, 3.8) is 0 Å². The highest BCUT2D eigenvalue weighted by Crippen LogP contribution is 2.42. The third-order valence-corrected chi connectivity index (χ3v) is 8.96. The first-order valence-corrected chi connectivity index (χ1v) is 13.1. The summed E-state index contributed by atoms with van der Waals surface area (Å²) in [5.74, 6) is 0.815. The lowest BCUT2D eigenvalue weighted by atomic mass is 9.92. The minimum atomic E-state index is -3.55. The number of hydrogen-bond donors (Lipinski definition) is 1. The Labute approximate surface area is 198 Å². The number of aromatic nitrogens is 4. The molecule has 1 atom stereocenters. The van der Waals surface area contributed by atoms with Crippen LogP contribution in [0.15, 0.2) is 35.5 Å². The van der Waals surface area contributed by atoms with E-state index in [4.69, 9.17) is 9.47 Å². The number of benzene rings is 1. The summed E-state index contributed by atoms with van der Waals surface area (Å²) in [6.07, 6.45) is 6.88. The van der Waals surface area contributed by atoms with Gasteiger partial charge in [-0.2, -0.15) is 10.2 Å². The number of nitrogens with zero attached hydrogens (tertiary/aromatic N) is 4. The summed E-state index contributed by atoms with van der Waals surface area (Å²) >= 11 is 0. The van der Waals surface area contributed by atoms with Crippen LogP contribution in [0.3, 0.4) is 0 Å². The Balaban J connectivity index is 1.56. The fraction of sp³-hybridized carbons (Fsp3) is 0.522. The van der Waals surface area contributed by atoms with Gasteiger partial charge in [-0.05, 0) is 50.2 Å². The molecule has 0 radical (unpaired) electrons. The number of nitrogens with one attached hydrogen (secondary N) is 1. The highest BCUT2D eigenvalue weighted by Gasteiger charge is 2.40. The third-order valence-electron chi connectivity index (χ3n) is 6.62. The normalized spacial score (nSPS) is 18.2. The third kappa shape index (κ3) is 4.29. The number of anilines is 1. The summed E-state index contributed by atoms with van der Waals surface area (Å²) in [5.41, 5.74) is 0.591. The molecule has 1 amide bonds. The second-order valence-electron chi connectivity index (χ2n) is 9.03. The first kappa shape index (κ1) is 22.9. The number of aryl methyl sites for hydroxylation is 1. The quantitative estimate of drug-likeness (QED) is 0.519. The molecule has 1 saturated heterocycles. The highest BCUT2D eigenvalue weighted by molar-refractivity contribution is 7.92. The van der Waals surface area contributed by atoms with E-state index in [1.807, 2.05) is 0 Å². The average Bonchev–Trinajstić information content (AvgIpc) is 3.51. The van der Waals surface area contributed by atoms with E-state index in [0.717, 1.165) is 12.8 Å². The number of rotatable bonds is 8. The maximum atomic E-state index is 13.5. The molecule has 2 fully saturated rings. The van der Waals surface area contributed by atoms with Crippen LogP contribution in [0.2, 0.25) is 0 Å². The van der Waals surface area contributed by atoms with Crippen LogP contribution in [0.25, 0.3) is 10.9 Å². The van der Waals surface area contributed by atoms with Gasteiger partial charge in [0.15, 0.2) is 15.7 Å². The lowest BCUT2D eigenvalue weighted by Crippen LogP contribution is -2.30. The average molecular weight is 488 g/mol. The van der Waals surface area contributed by atoms with Gasteiger partial charge in [-0.25, -0.2) is 8.42 Å². The second-order valence-corrected chi connectivity index (χ2v) is 11.2. The van der Waals surface area contributed by atoms with E-state index in [-0.39, 0.29) is 16.1 Å². The van der Waals surface area contributed by atoms with Gasteiger partial charge < -0.3 is 14.8 Å². The molecule has 11 heteroatoms. The number of carbonyl (C=O) groups is 1. The van der Waals surface area contributed by atoms with Crippen LogP contribution < -0.4 is 10.1 Å². The Morgan fingerprint density at radius 2 is 2.00 bits per heavy atom. The highest BCUT2D eigenvalue weighted by atomic mass is 32.2. The Bertz CT molecular complexity index is 1300. The fourth-order valence-electron chi connectivity index (χ4n) is 4.63. The Kier molecular flexibility index (Phi) is 6.07. The number of fused-ring (bicyclic) bond motifs is 1. The minimum Gasteiger partial charge on any atom is -0.495 e. The van der Waals surface area contributed by atoms with E-state index in [0.29, 0.717) is 60.9 Å². The zero-order valence-corrected chi connectivity index (χ0v) is 20.1. The lowest BCUT2D eigenvalue weighted by molar-refractivity contribution is -0.120. The van der Waals surface area contributed by atoms with Gasteiger partial charge in [0.05, 0.1) is 24.1 Å².